The Morgan fingerprint density at radius 2 is 1.56 bits per heavy atom. The van der Waals surface area contributed by atoms with Gasteiger partial charge in [-0.25, -0.2) is 4.79 Å². The topological polar surface area (TPSA) is 46.5 Å². The second-order valence-electron chi connectivity index (χ2n) is 11.2. The van der Waals surface area contributed by atoms with Gasteiger partial charge in [0.2, 0.25) is 0 Å². The third-order valence-electron chi connectivity index (χ3n) is 9.17. The number of rotatable bonds is 4. The summed E-state index contributed by atoms with van der Waals surface area (Å²) in [7, 11) is 1.82. The summed E-state index contributed by atoms with van der Waals surface area (Å²) in [6.45, 7) is 0. The van der Waals surface area contributed by atoms with E-state index in [1.807, 2.05) is 19.2 Å². The largest absolute Gasteiger partial charge is 0.496 e. The number of aromatic carboxylic acids is 1. The SMILES string of the molecule is COc1ccc(-c2ccc3cc(C(=O)O)ccc3c2)cc1C12CCCC3CC(CC1)CC(C3)C2. The van der Waals surface area contributed by atoms with Crippen LogP contribution >= 0.6 is 0 Å². The lowest BCUT2D eigenvalue weighted by Gasteiger charge is -2.41. The molecule has 176 valence electrons. The fourth-order valence-electron chi connectivity index (χ4n) is 7.67. The highest BCUT2D eigenvalue weighted by Gasteiger charge is 2.44. The van der Waals surface area contributed by atoms with Gasteiger partial charge in [0.1, 0.15) is 5.75 Å². The van der Waals surface area contributed by atoms with Gasteiger partial charge < -0.3 is 9.84 Å². The normalized spacial score (nSPS) is 28.3. The second-order valence-corrected chi connectivity index (χ2v) is 11.2. The molecule has 3 aromatic rings. The van der Waals surface area contributed by atoms with Crippen LogP contribution in [0.5, 0.6) is 5.75 Å². The first-order valence-corrected chi connectivity index (χ1v) is 13.0. The smallest absolute Gasteiger partial charge is 0.335 e. The van der Waals surface area contributed by atoms with Crippen LogP contribution in [0.15, 0.2) is 54.6 Å². The molecule has 3 aliphatic carbocycles. The molecule has 0 heterocycles. The van der Waals surface area contributed by atoms with Gasteiger partial charge in [-0.15, -0.1) is 0 Å². The summed E-state index contributed by atoms with van der Waals surface area (Å²) in [6, 6.07) is 18.5. The highest BCUT2D eigenvalue weighted by molar-refractivity contribution is 5.95. The minimum Gasteiger partial charge on any atom is -0.496 e. The van der Waals surface area contributed by atoms with E-state index in [1.54, 1.807) is 12.1 Å². The van der Waals surface area contributed by atoms with Crippen LogP contribution in [0.25, 0.3) is 21.9 Å². The highest BCUT2D eigenvalue weighted by atomic mass is 16.5. The molecule has 6 rings (SSSR count). The van der Waals surface area contributed by atoms with Crippen LogP contribution in [0.1, 0.15) is 73.7 Å². The fourth-order valence-corrected chi connectivity index (χ4v) is 7.67. The molecule has 0 aliphatic heterocycles. The minimum absolute atomic E-state index is 0.226. The number of fused-ring (bicyclic) bond motifs is 4. The quantitative estimate of drug-likeness (QED) is 0.436. The van der Waals surface area contributed by atoms with Gasteiger partial charge in [0.25, 0.3) is 0 Å². The number of carbonyl (C=O) groups is 1. The summed E-state index contributed by atoms with van der Waals surface area (Å²) in [4.78, 5) is 11.3. The van der Waals surface area contributed by atoms with Crippen molar-refractivity contribution < 1.29 is 14.6 Å². The molecule has 4 unspecified atom stereocenters. The molecule has 34 heavy (non-hydrogen) atoms. The first kappa shape index (κ1) is 21.7. The average molecular weight is 455 g/mol. The monoisotopic (exact) mass is 454 g/mol. The van der Waals surface area contributed by atoms with Crippen LogP contribution in [0.3, 0.4) is 0 Å². The Kier molecular flexibility index (Phi) is 5.39. The predicted octanol–water partition coefficient (Wildman–Crippen LogP) is 7.85. The van der Waals surface area contributed by atoms with E-state index in [9.17, 15) is 9.90 Å². The van der Waals surface area contributed by atoms with Crippen molar-refractivity contribution in [1.82, 2.24) is 0 Å². The van der Waals surface area contributed by atoms with Crippen LogP contribution in [-0.4, -0.2) is 18.2 Å². The lowest BCUT2D eigenvalue weighted by Crippen LogP contribution is -2.32. The molecule has 3 aromatic carbocycles. The first-order chi connectivity index (χ1) is 16.5. The van der Waals surface area contributed by atoms with E-state index >= 15 is 0 Å². The van der Waals surface area contributed by atoms with Crippen LogP contribution in [0.4, 0.5) is 0 Å². The van der Waals surface area contributed by atoms with Crippen molar-refractivity contribution in [2.45, 2.75) is 63.2 Å². The number of carboxylic acids is 1. The van der Waals surface area contributed by atoms with Crippen LogP contribution in [0.2, 0.25) is 0 Å². The maximum atomic E-state index is 11.3. The van der Waals surface area contributed by atoms with Crippen molar-refractivity contribution >= 4 is 16.7 Å². The van der Waals surface area contributed by atoms with Crippen molar-refractivity contribution in [2.24, 2.45) is 17.8 Å². The Hall–Kier alpha value is -2.81. The van der Waals surface area contributed by atoms with Crippen molar-refractivity contribution in [2.75, 3.05) is 7.11 Å². The molecule has 0 radical (unpaired) electrons. The number of methoxy groups -OCH3 is 1. The van der Waals surface area contributed by atoms with Gasteiger partial charge in [0, 0.05) is 5.56 Å². The summed E-state index contributed by atoms with van der Waals surface area (Å²) in [5, 5.41) is 11.3. The van der Waals surface area contributed by atoms with E-state index in [4.69, 9.17) is 4.74 Å². The van der Waals surface area contributed by atoms with Crippen LogP contribution in [0, 0.1) is 17.8 Å². The van der Waals surface area contributed by atoms with Gasteiger partial charge >= 0.3 is 5.97 Å². The van der Waals surface area contributed by atoms with Gasteiger partial charge in [0.15, 0.2) is 0 Å². The molecule has 3 fully saturated rings. The number of carboxylic acid groups (broad SMARTS) is 1. The van der Waals surface area contributed by atoms with E-state index in [0.717, 1.165) is 34.3 Å². The summed E-state index contributed by atoms with van der Waals surface area (Å²) in [6.07, 6.45) is 12.3. The molecule has 0 spiro atoms. The van der Waals surface area contributed by atoms with Crippen LogP contribution in [-0.2, 0) is 5.41 Å². The Balaban J connectivity index is 1.42. The third kappa shape index (κ3) is 3.79. The van der Waals surface area contributed by atoms with Gasteiger partial charge in [-0.1, -0.05) is 37.1 Å². The molecule has 3 heteroatoms. The standard InChI is InChI=1S/C31H34O3/c1-34-29-9-8-26(24-4-5-25-17-27(30(32)33)7-6-23(25)16-24)18-28(29)31-11-2-3-20-13-21(10-12-31)15-22(14-20)19-31/h4-9,16-18,20-22H,2-3,10-15,19H2,1H3,(H,32,33). The van der Waals surface area contributed by atoms with E-state index in [0.29, 0.717) is 5.56 Å². The van der Waals surface area contributed by atoms with Gasteiger partial charge in [-0.05, 0) is 120 Å². The van der Waals surface area contributed by atoms with E-state index in [1.165, 1.54) is 74.5 Å². The number of hydrogen-bond donors (Lipinski definition) is 1. The molecule has 0 saturated heterocycles. The number of benzene rings is 3. The molecular formula is C31H34O3. The summed E-state index contributed by atoms with van der Waals surface area (Å²) >= 11 is 0. The molecule has 4 bridgehead atoms. The molecular weight excluding hydrogens is 420 g/mol. The zero-order valence-corrected chi connectivity index (χ0v) is 20.1. The van der Waals surface area contributed by atoms with Crippen molar-refractivity contribution in [3.8, 4) is 16.9 Å². The van der Waals surface area contributed by atoms with Crippen molar-refractivity contribution in [1.29, 1.82) is 0 Å². The number of hydrogen-bond acceptors (Lipinski definition) is 2. The molecule has 1 N–H and O–H groups in total. The molecule has 4 atom stereocenters. The Morgan fingerprint density at radius 1 is 0.853 bits per heavy atom. The van der Waals surface area contributed by atoms with E-state index in [2.05, 4.69) is 30.3 Å². The third-order valence-corrected chi connectivity index (χ3v) is 9.17. The second kappa shape index (κ2) is 8.45. The average Bonchev–Trinajstić information content (AvgIpc) is 2.93. The molecule has 0 amide bonds. The Morgan fingerprint density at radius 3 is 2.38 bits per heavy atom. The maximum Gasteiger partial charge on any atom is 0.335 e. The zero-order valence-electron chi connectivity index (χ0n) is 20.1. The highest BCUT2D eigenvalue weighted by Crippen LogP contribution is 2.55. The lowest BCUT2D eigenvalue weighted by atomic mass is 9.64. The van der Waals surface area contributed by atoms with Crippen molar-refractivity contribution in [3.63, 3.8) is 0 Å². The molecule has 3 aliphatic rings. The van der Waals surface area contributed by atoms with Crippen LogP contribution < -0.4 is 4.74 Å². The predicted molar refractivity (Wildman–Crippen MR) is 137 cm³/mol. The minimum atomic E-state index is -0.886. The zero-order chi connectivity index (χ0) is 23.3. The summed E-state index contributed by atoms with van der Waals surface area (Å²) in [5.74, 6) is 2.91. The van der Waals surface area contributed by atoms with Gasteiger partial charge in [-0.2, -0.15) is 0 Å². The maximum absolute atomic E-state index is 11.3. The summed E-state index contributed by atoms with van der Waals surface area (Å²) in [5.41, 5.74) is 4.37. The number of ether oxygens (including phenoxy) is 1. The van der Waals surface area contributed by atoms with Gasteiger partial charge in [-0.3, -0.25) is 0 Å². The summed E-state index contributed by atoms with van der Waals surface area (Å²) < 4.78 is 5.98. The fraction of sp³-hybridized carbons (Fsp3) is 0.452. The molecule has 0 aromatic heterocycles. The van der Waals surface area contributed by atoms with E-state index < -0.39 is 5.97 Å². The lowest BCUT2D eigenvalue weighted by molar-refractivity contribution is 0.0697. The molecule has 3 nitrogen and oxygen atoms in total. The Labute approximate surface area is 202 Å². The van der Waals surface area contributed by atoms with Crippen molar-refractivity contribution in [3.05, 3.63) is 65.7 Å². The Bertz CT molecular complexity index is 1240. The molecule has 3 saturated carbocycles. The first-order valence-electron chi connectivity index (χ1n) is 13.0. The van der Waals surface area contributed by atoms with Gasteiger partial charge in [0.05, 0.1) is 12.7 Å². The van der Waals surface area contributed by atoms with E-state index in [-0.39, 0.29) is 5.41 Å².